The second-order valence-electron chi connectivity index (χ2n) is 2.45. The fourth-order valence-electron chi connectivity index (χ4n) is 1.10. The van der Waals surface area contributed by atoms with Crippen LogP contribution in [0.2, 0.25) is 0 Å². The molecule has 2 rings (SSSR count). The Bertz CT molecular complexity index is 408. The van der Waals surface area contributed by atoms with Crippen molar-refractivity contribution in [2.24, 2.45) is 0 Å². The van der Waals surface area contributed by atoms with Crippen LogP contribution in [0.3, 0.4) is 0 Å². The van der Waals surface area contributed by atoms with E-state index in [1.807, 2.05) is 6.07 Å². The minimum atomic E-state index is 0.500. The van der Waals surface area contributed by atoms with Gasteiger partial charge >= 0.3 is 85.3 Å². The quantitative estimate of drug-likeness (QED) is 0.734. The van der Waals surface area contributed by atoms with E-state index < -0.39 is 0 Å². The van der Waals surface area contributed by atoms with Crippen molar-refractivity contribution in [3.8, 4) is 5.75 Å². The van der Waals surface area contributed by atoms with Crippen LogP contribution in [0.1, 0.15) is 0 Å². The van der Waals surface area contributed by atoms with Crippen LogP contribution in [0.15, 0.2) is 27.6 Å². The van der Waals surface area contributed by atoms with Gasteiger partial charge in [-0.3, -0.25) is 0 Å². The maximum absolute atomic E-state index is 5.15. The van der Waals surface area contributed by atoms with E-state index in [2.05, 4.69) is 33.0 Å². The van der Waals surface area contributed by atoms with E-state index in [-0.39, 0.29) is 0 Å². The molecule has 0 amide bonds. The van der Waals surface area contributed by atoms with Gasteiger partial charge in [-0.1, -0.05) is 0 Å². The SMILES string of the molecule is COc1ccc2[se]cc(Br)c2c1. The second-order valence-corrected chi connectivity index (χ2v) is 5.21. The summed E-state index contributed by atoms with van der Waals surface area (Å²) < 4.78 is 7.78. The van der Waals surface area contributed by atoms with Crippen LogP contribution < -0.4 is 4.74 Å². The number of rotatable bonds is 1. The summed E-state index contributed by atoms with van der Waals surface area (Å²) in [7, 11) is 1.69. The molecule has 1 aromatic heterocycles. The van der Waals surface area contributed by atoms with Crippen molar-refractivity contribution in [1.29, 1.82) is 0 Å². The maximum atomic E-state index is 5.15. The number of halogens is 1. The van der Waals surface area contributed by atoms with Gasteiger partial charge in [0.25, 0.3) is 0 Å². The predicted molar refractivity (Wildman–Crippen MR) is 55.1 cm³/mol. The van der Waals surface area contributed by atoms with E-state index in [1.165, 1.54) is 14.1 Å². The molecule has 1 nitrogen and oxygen atoms in total. The van der Waals surface area contributed by atoms with Crippen molar-refractivity contribution in [3.63, 3.8) is 0 Å². The van der Waals surface area contributed by atoms with E-state index >= 15 is 0 Å². The molecule has 0 radical (unpaired) electrons. The number of fused-ring (bicyclic) bond motifs is 1. The molecule has 0 saturated carbocycles. The molecule has 2 aromatic rings. The first-order chi connectivity index (χ1) is 5.81. The summed E-state index contributed by atoms with van der Waals surface area (Å²) in [6.07, 6.45) is 0. The van der Waals surface area contributed by atoms with Crippen molar-refractivity contribution in [3.05, 3.63) is 27.6 Å². The predicted octanol–water partition coefficient (Wildman–Crippen LogP) is 2.67. The van der Waals surface area contributed by atoms with Crippen LogP contribution in [0, 0.1) is 0 Å². The van der Waals surface area contributed by atoms with Crippen LogP contribution in [0.25, 0.3) is 9.65 Å². The van der Waals surface area contributed by atoms with Crippen molar-refractivity contribution in [1.82, 2.24) is 0 Å². The van der Waals surface area contributed by atoms with Gasteiger partial charge in [0.1, 0.15) is 0 Å². The van der Waals surface area contributed by atoms with Crippen molar-refractivity contribution in [2.75, 3.05) is 7.11 Å². The van der Waals surface area contributed by atoms with Gasteiger partial charge in [0.05, 0.1) is 0 Å². The molecule has 3 heteroatoms. The zero-order valence-corrected chi connectivity index (χ0v) is 9.80. The monoisotopic (exact) mass is 290 g/mol. The fourth-order valence-corrected chi connectivity index (χ4v) is 3.89. The first-order valence-electron chi connectivity index (χ1n) is 3.52. The molecule has 1 heterocycles. The van der Waals surface area contributed by atoms with Gasteiger partial charge in [0.2, 0.25) is 0 Å². The molecule has 0 aliphatic carbocycles. The molecule has 0 N–H and O–H groups in total. The van der Waals surface area contributed by atoms with Crippen molar-refractivity contribution in [2.45, 2.75) is 0 Å². The van der Waals surface area contributed by atoms with E-state index in [9.17, 15) is 0 Å². The van der Waals surface area contributed by atoms with Crippen molar-refractivity contribution < 1.29 is 4.74 Å². The van der Waals surface area contributed by atoms with Gasteiger partial charge in [-0.25, -0.2) is 0 Å². The normalized spacial score (nSPS) is 10.5. The van der Waals surface area contributed by atoms with Gasteiger partial charge in [-0.2, -0.15) is 0 Å². The number of methoxy groups -OCH3 is 1. The van der Waals surface area contributed by atoms with Crippen LogP contribution in [0.5, 0.6) is 5.75 Å². The minimum absolute atomic E-state index is 0.500. The van der Waals surface area contributed by atoms with Gasteiger partial charge in [-0.05, 0) is 0 Å². The summed E-state index contributed by atoms with van der Waals surface area (Å²) in [4.78, 5) is 2.23. The summed E-state index contributed by atoms with van der Waals surface area (Å²) >= 11 is 4.02. The third-order valence-electron chi connectivity index (χ3n) is 1.73. The van der Waals surface area contributed by atoms with Crippen LogP contribution in [-0.2, 0) is 0 Å². The summed E-state index contributed by atoms with van der Waals surface area (Å²) in [5.74, 6) is 0.928. The summed E-state index contributed by atoms with van der Waals surface area (Å²) in [5.41, 5.74) is 0. The number of hydrogen-bond donors (Lipinski definition) is 0. The zero-order chi connectivity index (χ0) is 8.55. The summed E-state index contributed by atoms with van der Waals surface area (Å²) in [6, 6.07) is 6.23. The third-order valence-corrected chi connectivity index (χ3v) is 5.09. The molecule has 0 aliphatic rings. The average molecular weight is 290 g/mol. The standard InChI is InChI=1S/C9H7BrOSe/c1-11-6-2-3-9-7(4-6)8(10)5-12-9/h2-5H,1H3. The summed E-state index contributed by atoms with van der Waals surface area (Å²) in [6.45, 7) is 0. The Balaban J connectivity index is 2.71. The van der Waals surface area contributed by atoms with Crippen LogP contribution in [-0.4, -0.2) is 21.6 Å². The molecular formula is C9H7BrOSe. The van der Waals surface area contributed by atoms with E-state index in [1.54, 1.807) is 7.11 Å². The Morgan fingerprint density at radius 2 is 2.25 bits per heavy atom. The molecule has 0 aliphatic heterocycles. The van der Waals surface area contributed by atoms with E-state index in [0.717, 1.165) is 5.75 Å². The number of hydrogen-bond acceptors (Lipinski definition) is 1. The first kappa shape index (κ1) is 8.36. The van der Waals surface area contributed by atoms with Gasteiger partial charge in [-0.15, -0.1) is 0 Å². The molecular weight excluding hydrogens is 283 g/mol. The molecule has 0 spiro atoms. The molecule has 0 saturated heterocycles. The average Bonchev–Trinajstić information content (AvgIpc) is 2.47. The molecule has 1 aromatic carbocycles. The Labute approximate surface area is 85.2 Å². The molecule has 0 unspecified atom stereocenters. The van der Waals surface area contributed by atoms with Crippen molar-refractivity contribution >= 4 is 40.1 Å². The van der Waals surface area contributed by atoms with E-state index in [4.69, 9.17) is 4.74 Å². The van der Waals surface area contributed by atoms with E-state index in [0.29, 0.717) is 14.5 Å². The Morgan fingerprint density at radius 1 is 1.42 bits per heavy atom. The zero-order valence-electron chi connectivity index (χ0n) is 6.50. The first-order valence-corrected chi connectivity index (χ1v) is 6.16. The van der Waals surface area contributed by atoms with Gasteiger partial charge in [0.15, 0.2) is 0 Å². The molecule has 0 bridgehead atoms. The Kier molecular flexibility index (Phi) is 2.26. The second kappa shape index (κ2) is 3.25. The molecule has 62 valence electrons. The van der Waals surface area contributed by atoms with Gasteiger partial charge < -0.3 is 0 Å². The van der Waals surface area contributed by atoms with Gasteiger partial charge in [0, 0.05) is 0 Å². The molecule has 12 heavy (non-hydrogen) atoms. The Hall–Kier alpha value is -0.241. The third kappa shape index (κ3) is 1.33. The molecule has 0 fully saturated rings. The summed E-state index contributed by atoms with van der Waals surface area (Å²) in [5, 5.41) is 1.29. The number of benzene rings is 1. The Morgan fingerprint density at radius 3 is 3.00 bits per heavy atom. The van der Waals surface area contributed by atoms with Crippen LogP contribution >= 0.6 is 15.9 Å². The fraction of sp³-hybridized carbons (Fsp3) is 0.111. The van der Waals surface area contributed by atoms with Crippen LogP contribution in [0.4, 0.5) is 0 Å². The topological polar surface area (TPSA) is 9.23 Å². The molecule has 0 atom stereocenters. The number of ether oxygens (including phenoxy) is 1.